The molecule has 0 unspecified atom stereocenters. The van der Waals surface area contributed by atoms with Gasteiger partial charge in [0.25, 0.3) is 0 Å². The zero-order valence-corrected chi connectivity index (χ0v) is 14.7. The van der Waals surface area contributed by atoms with Crippen LogP contribution in [0, 0.1) is 0 Å². The molecule has 0 N–H and O–H groups in total. The van der Waals surface area contributed by atoms with E-state index in [9.17, 15) is 4.79 Å². The summed E-state index contributed by atoms with van der Waals surface area (Å²) in [5.41, 5.74) is 1.25. The van der Waals surface area contributed by atoms with Crippen LogP contribution in [0.4, 0.5) is 0 Å². The number of rotatable bonds is 3. The fourth-order valence-corrected chi connectivity index (χ4v) is 5.51. The van der Waals surface area contributed by atoms with Crippen LogP contribution in [0.2, 0.25) is 0 Å². The molecule has 0 radical (unpaired) electrons. The SMILES string of the molecule is CN1CCC[C@@H]1[C@@H]1CCCN1C(=O)C[C@@H]1OCCc2sccc21. The number of likely N-dealkylation sites (N-methyl/N-ethyl adjacent to an activating group) is 1. The molecule has 126 valence electrons. The lowest BCUT2D eigenvalue weighted by Crippen LogP contribution is -2.47. The zero-order chi connectivity index (χ0) is 15.8. The summed E-state index contributed by atoms with van der Waals surface area (Å²) in [5.74, 6) is 0.289. The monoisotopic (exact) mass is 334 g/mol. The van der Waals surface area contributed by atoms with Crippen LogP contribution in [0.15, 0.2) is 11.4 Å². The van der Waals surface area contributed by atoms with Gasteiger partial charge in [-0.25, -0.2) is 0 Å². The molecule has 5 heteroatoms. The molecule has 4 nitrogen and oxygen atoms in total. The Kier molecular flexibility index (Phi) is 4.43. The van der Waals surface area contributed by atoms with Crippen molar-refractivity contribution in [3.8, 4) is 0 Å². The van der Waals surface area contributed by atoms with E-state index in [1.165, 1.54) is 29.8 Å². The number of hydrogen-bond donors (Lipinski definition) is 0. The molecule has 0 aliphatic carbocycles. The van der Waals surface area contributed by atoms with Crippen LogP contribution in [-0.2, 0) is 16.0 Å². The molecule has 0 aromatic carbocycles. The Morgan fingerprint density at radius 3 is 2.96 bits per heavy atom. The molecular weight excluding hydrogens is 308 g/mol. The van der Waals surface area contributed by atoms with E-state index in [4.69, 9.17) is 4.74 Å². The van der Waals surface area contributed by atoms with Crippen molar-refractivity contribution in [3.05, 3.63) is 21.9 Å². The second-order valence-corrected chi connectivity index (χ2v) is 8.10. The van der Waals surface area contributed by atoms with Gasteiger partial charge in [0.1, 0.15) is 0 Å². The van der Waals surface area contributed by atoms with Gasteiger partial charge in [0.15, 0.2) is 0 Å². The van der Waals surface area contributed by atoms with Crippen molar-refractivity contribution in [2.45, 2.75) is 56.7 Å². The maximum absolute atomic E-state index is 12.9. The van der Waals surface area contributed by atoms with E-state index >= 15 is 0 Å². The summed E-state index contributed by atoms with van der Waals surface area (Å²) in [5, 5.41) is 2.13. The van der Waals surface area contributed by atoms with E-state index in [1.54, 1.807) is 11.3 Å². The first-order chi connectivity index (χ1) is 11.2. The fraction of sp³-hybridized carbons (Fsp3) is 0.722. The average Bonchev–Trinajstić information content (AvgIpc) is 3.26. The van der Waals surface area contributed by atoms with Gasteiger partial charge in [-0.1, -0.05) is 0 Å². The molecule has 0 bridgehead atoms. The van der Waals surface area contributed by atoms with Crippen LogP contribution in [-0.4, -0.2) is 54.5 Å². The van der Waals surface area contributed by atoms with Crippen LogP contribution < -0.4 is 0 Å². The van der Waals surface area contributed by atoms with Gasteiger partial charge in [-0.15, -0.1) is 11.3 Å². The number of amides is 1. The molecule has 1 aromatic rings. The summed E-state index contributed by atoms with van der Waals surface area (Å²) in [4.78, 5) is 19.0. The predicted molar refractivity (Wildman–Crippen MR) is 91.7 cm³/mol. The Hall–Kier alpha value is -0.910. The molecule has 1 amide bonds. The van der Waals surface area contributed by atoms with E-state index in [0.717, 1.165) is 32.4 Å². The van der Waals surface area contributed by atoms with Crippen molar-refractivity contribution in [1.82, 2.24) is 9.80 Å². The molecule has 2 saturated heterocycles. The summed E-state index contributed by atoms with van der Waals surface area (Å²) in [7, 11) is 2.21. The molecule has 3 aliphatic heterocycles. The predicted octanol–water partition coefficient (Wildman–Crippen LogP) is 2.84. The molecular formula is C18H26N2O2S. The first kappa shape index (κ1) is 15.6. The molecule has 4 heterocycles. The first-order valence-corrected chi connectivity index (χ1v) is 9.79. The van der Waals surface area contributed by atoms with Crippen LogP contribution in [0.25, 0.3) is 0 Å². The van der Waals surface area contributed by atoms with Gasteiger partial charge in [-0.3, -0.25) is 4.79 Å². The minimum atomic E-state index is -0.0277. The van der Waals surface area contributed by atoms with E-state index in [0.29, 0.717) is 18.5 Å². The van der Waals surface area contributed by atoms with Gasteiger partial charge in [-0.05, 0) is 56.3 Å². The van der Waals surface area contributed by atoms with Crippen molar-refractivity contribution < 1.29 is 9.53 Å². The highest BCUT2D eigenvalue weighted by atomic mass is 32.1. The van der Waals surface area contributed by atoms with Gasteiger partial charge >= 0.3 is 0 Å². The molecule has 3 atom stereocenters. The quantitative estimate of drug-likeness (QED) is 0.852. The summed E-state index contributed by atoms with van der Waals surface area (Å²) in [6.07, 6.45) is 6.29. The standard InChI is InChI=1S/C18H26N2O2S/c1-19-8-2-4-14(19)15-5-3-9-20(15)18(21)12-16-13-7-11-23-17(13)6-10-22-16/h7,11,14-16H,2-6,8-10,12H2,1H3/t14-,15+,16+/m1/s1. The number of likely N-dealkylation sites (tertiary alicyclic amines) is 2. The summed E-state index contributed by atoms with van der Waals surface area (Å²) >= 11 is 1.80. The number of ether oxygens (including phenoxy) is 1. The number of fused-ring (bicyclic) bond motifs is 1. The van der Waals surface area contributed by atoms with Crippen LogP contribution in [0.3, 0.4) is 0 Å². The largest absolute Gasteiger partial charge is 0.373 e. The highest BCUT2D eigenvalue weighted by molar-refractivity contribution is 7.10. The maximum atomic E-state index is 12.9. The summed E-state index contributed by atoms with van der Waals surface area (Å²) in [6.45, 7) is 2.85. The molecule has 1 aromatic heterocycles. The molecule has 4 rings (SSSR count). The van der Waals surface area contributed by atoms with E-state index < -0.39 is 0 Å². The van der Waals surface area contributed by atoms with Crippen molar-refractivity contribution in [2.24, 2.45) is 0 Å². The van der Waals surface area contributed by atoms with Gasteiger partial charge in [0, 0.05) is 29.9 Å². The minimum absolute atomic E-state index is 0.0277. The molecule has 3 aliphatic rings. The smallest absolute Gasteiger partial charge is 0.225 e. The Morgan fingerprint density at radius 1 is 1.30 bits per heavy atom. The first-order valence-electron chi connectivity index (χ1n) is 8.91. The third kappa shape index (κ3) is 2.94. The van der Waals surface area contributed by atoms with Crippen LogP contribution in [0.1, 0.15) is 48.6 Å². The van der Waals surface area contributed by atoms with Crippen molar-refractivity contribution in [1.29, 1.82) is 0 Å². The van der Waals surface area contributed by atoms with E-state index in [2.05, 4.69) is 28.3 Å². The Morgan fingerprint density at radius 2 is 2.13 bits per heavy atom. The van der Waals surface area contributed by atoms with Gasteiger partial charge < -0.3 is 14.5 Å². The average molecular weight is 334 g/mol. The highest BCUT2D eigenvalue weighted by Gasteiger charge is 2.39. The van der Waals surface area contributed by atoms with Gasteiger partial charge in [0.05, 0.1) is 19.1 Å². The number of hydrogen-bond acceptors (Lipinski definition) is 4. The fourth-order valence-electron chi connectivity index (χ4n) is 4.59. The lowest BCUT2D eigenvalue weighted by Gasteiger charge is -2.34. The number of carbonyl (C=O) groups excluding carboxylic acids is 1. The number of thiophene rings is 1. The number of nitrogens with zero attached hydrogens (tertiary/aromatic N) is 2. The van der Waals surface area contributed by atoms with Crippen LogP contribution >= 0.6 is 11.3 Å². The van der Waals surface area contributed by atoms with Crippen LogP contribution in [0.5, 0.6) is 0 Å². The number of carbonyl (C=O) groups is 1. The third-order valence-electron chi connectivity index (χ3n) is 5.78. The maximum Gasteiger partial charge on any atom is 0.225 e. The lowest BCUT2D eigenvalue weighted by molar-refractivity contribution is -0.136. The topological polar surface area (TPSA) is 32.8 Å². The zero-order valence-electron chi connectivity index (χ0n) is 13.9. The Balaban J connectivity index is 1.45. The normalized spacial score (nSPS) is 31.5. The van der Waals surface area contributed by atoms with Crippen molar-refractivity contribution in [3.63, 3.8) is 0 Å². The van der Waals surface area contributed by atoms with Crippen molar-refractivity contribution in [2.75, 3.05) is 26.7 Å². The lowest BCUT2D eigenvalue weighted by atomic mass is 10.0. The second kappa shape index (κ2) is 6.54. The van der Waals surface area contributed by atoms with Gasteiger partial charge in [0.2, 0.25) is 5.91 Å². The highest BCUT2D eigenvalue weighted by Crippen LogP contribution is 2.35. The molecule has 2 fully saturated rings. The Bertz CT molecular complexity index is 573. The summed E-state index contributed by atoms with van der Waals surface area (Å²) < 4.78 is 5.92. The third-order valence-corrected chi connectivity index (χ3v) is 6.77. The van der Waals surface area contributed by atoms with Gasteiger partial charge in [-0.2, -0.15) is 0 Å². The van der Waals surface area contributed by atoms with E-state index in [1.807, 2.05) is 0 Å². The minimum Gasteiger partial charge on any atom is -0.373 e. The summed E-state index contributed by atoms with van der Waals surface area (Å²) in [6, 6.07) is 3.12. The Labute approximate surface area is 142 Å². The molecule has 23 heavy (non-hydrogen) atoms. The second-order valence-electron chi connectivity index (χ2n) is 7.10. The van der Waals surface area contributed by atoms with Crippen molar-refractivity contribution >= 4 is 17.2 Å². The van der Waals surface area contributed by atoms with E-state index in [-0.39, 0.29) is 12.0 Å². The molecule has 0 saturated carbocycles. The molecule has 0 spiro atoms.